The second-order valence-corrected chi connectivity index (χ2v) is 3.77. The van der Waals surface area contributed by atoms with Crippen molar-refractivity contribution >= 4 is 5.91 Å². The molecule has 2 nitrogen and oxygen atoms in total. The lowest BCUT2D eigenvalue weighted by molar-refractivity contribution is -0.130. The second-order valence-electron chi connectivity index (χ2n) is 3.77. The molecule has 1 amide bonds. The molecule has 0 bridgehead atoms. The number of hydrogen-bond acceptors (Lipinski definition) is 1. The fraction of sp³-hybridized carbons (Fsp3) is 0.462. The van der Waals surface area contributed by atoms with E-state index in [0.717, 1.165) is 6.42 Å². The van der Waals surface area contributed by atoms with Crippen molar-refractivity contribution in [1.82, 2.24) is 4.90 Å². The molecule has 0 atom stereocenters. The number of aryl methyl sites for hydroxylation is 1. The zero-order chi connectivity index (χ0) is 11.3. The summed E-state index contributed by atoms with van der Waals surface area (Å²) in [5, 5.41) is 0. The summed E-state index contributed by atoms with van der Waals surface area (Å²) in [4.78, 5) is 13.1. The Morgan fingerprint density at radius 3 is 2.13 bits per heavy atom. The molecular formula is C13H19NO. The van der Waals surface area contributed by atoms with Gasteiger partial charge < -0.3 is 4.90 Å². The number of carbonyl (C=O) groups is 1. The molecule has 0 spiro atoms. The van der Waals surface area contributed by atoms with Gasteiger partial charge in [-0.25, -0.2) is 0 Å². The molecule has 0 unspecified atom stereocenters. The second kappa shape index (κ2) is 5.54. The van der Waals surface area contributed by atoms with Gasteiger partial charge in [0.15, 0.2) is 0 Å². The molecule has 0 heterocycles. The quantitative estimate of drug-likeness (QED) is 0.740. The van der Waals surface area contributed by atoms with E-state index < -0.39 is 0 Å². The monoisotopic (exact) mass is 205 g/mol. The number of hydrogen-bond donors (Lipinski definition) is 0. The van der Waals surface area contributed by atoms with E-state index in [9.17, 15) is 4.79 Å². The van der Waals surface area contributed by atoms with Gasteiger partial charge in [0.05, 0.1) is 0 Å². The lowest BCUT2D eigenvalue weighted by Crippen LogP contribution is -2.25. The van der Waals surface area contributed by atoms with Crippen LogP contribution in [0, 0.1) is 0 Å². The summed E-state index contributed by atoms with van der Waals surface area (Å²) in [6, 6.07) is 8.44. The molecule has 0 aliphatic carbocycles. The van der Waals surface area contributed by atoms with Crippen LogP contribution in [0.4, 0.5) is 0 Å². The van der Waals surface area contributed by atoms with Gasteiger partial charge >= 0.3 is 0 Å². The van der Waals surface area contributed by atoms with Crippen molar-refractivity contribution in [2.75, 3.05) is 7.05 Å². The van der Waals surface area contributed by atoms with Gasteiger partial charge in [-0.1, -0.05) is 38.1 Å². The van der Waals surface area contributed by atoms with Crippen molar-refractivity contribution in [2.45, 2.75) is 33.2 Å². The summed E-state index contributed by atoms with van der Waals surface area (Å²) >= 11 is 0. The first kappa shape index (κ1) is 11.8. The SMILES string of the molecule is CCC(=O)N(C)Cc1ccc(CC)cc1. The lowest BCUT2D eigenvalue weighted by Gasteiger charge is -2.16. The van der Waals surface area contributed by atoms with Crippen molar-refractivity contribution in [3.63, 3.8) is 0 Å². The van der Waals surface area contributed by atoms with Crippen LogP contribution in [0.15, 0.2) is 24.3 Å². The van der Waals surface area contributed by atoms with Crippen LogP contribution < -0.4 is 0 Å². The predicted octanol–water partition coefficient (Wildman–Crippen LogP) is 2.62. The Labute approximate surface area is 91.9 Å². The van der Waals surface area contributed by atoms with Gasteiger partial charge in [0, 0.05) is 20.0 Å². The largest absolute Gasteiger partial charge is 0.341 e. The van der Waals surface area contributed by atoms with E-state index in [2.05, 4.69) is 31.2 Å². The maximum Gasteiger partial charge on any atom is 0.222 e. The maximum absolute atomic E-state index is 11.4. The highest BCUT2D eigenvalue weighted by Gasteiger charge is 2.05. The van der Waals surface area contributed by atoms with E-state index in [1.165, 1.54) is 11.1 Å². The molecule has 0 aromatic heterocycles. The van der Waals surface area contributed by atoms with Crippen LogP contribution in [-0.4, -0.2) is 17.9 Å². The Kier molecular flexibility index (Phi) is 4.35. The average molecular weight is 205 g/mol. The maximum atomic E-state index is 11.4. The Hall–Kier alpha value is -1.31. The molecule has 0 N–H and O–H groups in total. The molecule has 1 aromatic carbocycles. The molecule has 82 valence electrons. The molecule has 1 rings (SSSR count). The van der Waals surface area contributed by atoms with Crippen molar-refractivity contribution in [3.8, 4) is 0 Å². The molecule has 0 radical (unpaired) electrons. The van der Waals surface area contributed by atoms with Crippen LogP contribution in [0.25, 0.3) is 0 Å². The molecule has 0 aliphatic heterocycles. The van der Waals surface area contributed by atoms with E-state index in [4.69, 9.17) is 0 Å². The minimum atomic E-state index is 0.189. The standard InChI is InChI=1S/C13H19NO/c1-4-11-6-8-12(9-7-11)10-14(3)13(15)5-2/h6-9H,4-5,10H2,1-3H3. The first-order valence-electron chi connectivity index (χ1n) is 5.49. The lowest BCUT2D eigenvalue weighted by atomic mass is 10.1. The highest BCUT2D eigenvalue weighted by Crippen LogP contribution is 2.07. The Bertz CT molecular complexity index is 316. The van der Waals surface area contributed by atoms with E-state index in [-0.39, 0.29) is 5.91 Å². The van der Waals surface area contributed by atoms with Crippen LogP contribution in [0.5, 0.6) is 0 Å². The predicted molar refractivity (Wildman–Crippen MR) is 62.6 cm³/mol. The Morgan fingerprint density at radius 2 is 1.67 bits per heavy atom. The van der Waals surface area contributed by atoms with Crippen molar-refractivity contribution in [1.29, 1.82) is 0 Å². The van der Waals surface area contributed by atoms with Gasteiger partial charge in [-0.3, -0.25) is 4.79 Å². The number of benzene rings is 1. The van der Waals surface area contributed by atoms with Crippen molar-refractivity contribution in [2.24, 2.45) is 0 Å². The van der Waals surface area contributed by atoms with Crippen LogP contribution in [0.3, 0.4) is 0 Å². The third-order valence-corrected chi connectivity index (χ3v) is 2.58. The van der Waals surface area contributed by atoms with Gasteiger partial charge in [0.1, 0.15) is 0 Å². The van der Waals surface area contributed by atoms with Gasteiger partial charge in [-0.15, -0.1) is 0 Å². The number of nitrogens with zero attached hydrogens (tertiary/aromatic N) is 1. The topological polar surface area (TPSA) is 20.3 Å². The third kappa shape index (κ3) is 3.39. The molecule has 0 saturated carbocycles. The van der Waals surface area contributed by atoms with Crippen LogP contribution in [0.2, 0.25) is 0 Å². The Balaban J connectivity index is 2.60. The summed E-state index contributed by atoms with van der Waals surface area (Å²) < 4.78 is 0. The van der Waals surface area contributed by atoms with Gasteiger partial charge in [-0.05, 0) is 17.5 Å². The van der Waals surface area contributed by atoms with Gasteiger partial charge in [0.2, 0.25) is 5.91 Å². The zero-order valence-corrected chi connectivity index (χ0v) is 9.79. The molecule has 0 saturated heterocycles. The van der Waals surface area contributed by atoms with Crippen LogP contribution >= 0.6 is 0 Å². The van der Waals surface area contributed by atoms with E-state index in [0.29, 0.717) is 13.0 Å². The number of carbonyl (C=O) groups excluding carboxylic acids is 1. The van der Waals surface area contributed by atoms with E-state index in [1.54, 1.807) is 4.90 Å². The normalized spacial score (nSPS) is 10.1. The highest BCUT2D eigenvalue weighted by molar-refractivity contribution is 5.75. The first-order valence-corrected chi connectivity index (χ1v) is 5.49. The summed E-state index contributed by atoms with van der Waals surface area (Å²) in [6.45, 7) is 4.73. The van der Waals surface area contributed by atoms with Crippen LogP contribution in [-0.2, 0) is 17.8 Å². The molecule has 0 fully saturated rings. The zero-order valence-electron chi connectivity index (χ0n) is 9.79. The third-order valence-electron chi connectivity index (χ3n) is 2.58. The summed E-state index contributed by atoms with van der Waals surface area (Å²) in [6.07, 6.45) is 1.63. The van der Waals surface area contributed by atoms with E-state index >= 15 is 0 Å². The fourth-order valence-corrected chi connectivity index (χ4v) is 1.51. The summed E-state index contributed by atoms with van der Waals surface area (Å²) in [7, 11) is 1.85. The van der Waals surface area contributed by atoms with Crippen molar-refractivity contribution < 1.29 is 4.79 Å². The molecular weight excluding hydrogens is 186 g/mol. The number of rotatable bonds is 4. The van der Waals surface area contributed by atoms with Crippen molar-refractivity contribution in [3.05, 3.63) is 35.4 Å². The first-order chi connectivity index (χ1) is 7.17. The Morgan fingerprint density at radius 1 is 1.13 bits per heavy atom. The van der Waals surface area contributed by atoms with E-state index in [1.807, 2.05) is 14.0 Å². The smallest absolute Gasteiger partial charge is 0.222 e. The fourth-order valence-electron chi connectivity index (χ4n) is 1.51. The summed E-state index contributed by atoms with van der Waals surface area (Å²) in [5.74, 6) is 0.189. The number of amides is 1. The minimum Gasteiger partial charge on any atom is -0.341 e. The molecule has 0 aliphatic rings. The molecule has 2 heteroatoms. The van der Waals surface area contributed by atoms with Crippen LogP contribution in [0.1, 0.15) is 31.4 Å². The highest BCUT2D eigenvalue weighted by atomic mass is 16.2. The average Bonchev–Trinajstić information content (AvgIpc) is 2.29. The minimum absolute atomic E-state index is 0.189. The molecule has 1 aromatic rings. The summed E-state index contributed by atoms with van der Waals surface area (Å²) in [5.41, 5.74) is 2.53. The van der Waals surface area contributed by atoms with Gasteiger partial charge in [0.25, 0.3) is 0 Å². The molecule has 15 heavy (non-hydrogen) atoms. The van der Waals surface area contributed by atoms with Gasteiger partial charge in [-0.2, -0.15) is 0 Å².